The van der Waals surface area contributed by atoms with Crippen molar-refractivity contribution in [3.05, 3.63) is 63.1 Å². The van der Waals surface area contributed by atoms with E-state index in [1.54, 1.807) is 22.5 Å². The van der Waals surface area contributed by atoms with Crippen molar-refractivity contribution in [3.8, 4) is 0 Å². The Morgan fingerprint density at radius 3 is 2.39 bits per heavy atom. The molecule has 0 saturated carbocycles. The molecule has 2 aromatic carbocycles. The summed E-state index contributed by atoms with van der Waals surface area (Å²) in [4.78, 5) is 14.0. The highest BCUT2D eigenvalue weighted by molar-refractivity contribution is 7.89. The SMILES string of the molecule is C[C@@H]1CN(CCc2ccc(Cl)c(Cl)c2)C[C@H](C)N1S(=O)(=O)c1cccc2c1CC(C(=O)O)C2. The highest BCUT2D eigenvalue weighted by Crippen LogP contribution is 2.35. The van der Waals surface area contributed by atoms with Gasteiger partial charge in [0.2, 0.25) is 10.0 Å². The maximum absolute atomic E-state index is 13.7. The Hall–Kier alpha value is -1.64. The lowest BCUT2D eigenvalue weighted by Crippen LogP contribution is -2.58. The van der Waals surface area contributed by atoms with Crippen LogP contribution in [0.3, 0.4) is 0 Å². The number of benzene rings is 2. The van der Waals surface area contributed by atoms with Crippen LogP contribution in [0.1, 0.15) is 30.5 Å². The van der Waals surface area contributed by atoms with Gasteiger partial charge in [0, 0.05) is 31.7 Å². The fourth-order valence-electron chi connectivity index (χ4n) is 5.20. The van der Waals surface area contributed by atoms with E-state index in [-0.39, 0.29) is 23.4 Å². The highest BCUT2D eigenvalue weighted by atomic mass is 35.5. The minimum Gasteiger partial charge on any atom is -0.481 e. The summed E-state index contributed by atoms with van der Waals surface area (Å²) in [6.07, 6.45) is 1.43. The minimum absolute atomic E-state index is 0.208. The molecular weight excluding hydrogens is 483 g/mol. The zero-order valence-electron chi connectivity index (χ0n) is 18.7. The molecule has 1 fully saturated rings. The van der Waals surface area contributed by atoms with Gasteiger partial charge < -0.3 is 5.11 Å². The van der Waals surface area contributed by atoms with E-state index in [1.807, 2.05) is 32.0 Å². The second kappa shape index (κ2) is 9.55. The number of halogens is 2. The van der Waals surface area contributed by atoms with Crippen molar-refractivity contribution in [1.82, 2.24) is 9.21 Å². The Morgan fingerprint density at radius 2 is 1.76 bits per heavy atom. The number of aliphatic carboxylic acids is 1. The Balaban J connectivity index is 1.49. The number of carboxylic acid groups (broad SMARTS) is 1. The van der Waals surface area contributed by atoms with E-state index in [1.165, 1.54) is 0 Å². The average Bonchev–Trinajstić information content (AvgIpc) is 3.18. The van der Waals surface area contributed by atoms with Gasteiger partial charge in [-0.15, -0.1) is 0 Å². The fraction of sp³-hybridized carbons (Fsp3) is 0.458. The highest BCUT2D eigenvalue weighted by Gasteiger charge is 2.41. The second-order valence-electron chi connectivity index (χ2n) is 9.13. The summed E-state index contributed by atoms with van der Waals surface area (Å²) in [6, 6.07) is 10.4. The van der Waals surface area contributed by atoms with E-state index in [2.05, 4.69) is 4.90 Å². The molecule has 1 heterocycles. The van der Waals surface area contributed by atoms with Gasteiger partial charge in [-0.25, -0.2) is 8.42 Å². The van der Waals surface area contributed by atoms with Crippen LogP contribution in [0.15, 0.2) is 41.3 Å². The third-order valence-corrected chi connectivity index (χ3v) is 9.62. The largest absolute Gasteiger partial charge is 0.481 e. The summed E-state index contributed by atoms with van der Waals surface area (Å²) in [7, 11) is -3.75. The maximum Gasteiger partial charge on any atom is 0.307 e. The van der Waals surface area contributed by atoms with Gasteiger partial charge in [-0.05, 0) is 68.0 Å². The van der Waals surface area contributed by atoms with E-state index < -0.39 is 21.9 Å². The molecule has 1 aliphatic carbocycles. The number of nitrogens with zero attached hydrogens (tertiary/aromatic N) is 2. The molecule has 1 aliphatic heterocycles. The van der Waals surface area contributed by atoms with Gasteiger partial charge >= 0.3 is 5.97 Å². The van der Waals surface area contributed by atoms with Crippen LogP contribution in [0.5, 0.6) is 0 Å². The Morgan fingerprint density at radius 1 is 1.06 bits per heavy atom. The van der Waals surface area contributed by atoms with Gasteiger partial charge in [0.1, 0.15) is 0 Å². The van der Waals surface area contributed by atoms with Crippen molar-refractivity contribution in [2.75, 3.05) is 19.6 Å². The first-order chi connectivity index (χ1) is 15.6. The molecule has 33 heavy (non-hydrogen) atoms. The minimum atomic E-state index is -3.75. The molecule has 0 aromatic heterocycles. The molecular formula is C24H28Cl2N2O4S. The zero-order valence-corrected chi connectivity index (χ0v) is 21.0. The Bertz CT molecular complexity index is 1160. The predicted molar refractivity (Wildman–Crippen MR) is 130 cm³/mol. The molecule has 0 amide bonds. The molecule has 0 radical (unpaired) electrons. The molecule has 178 valence electrons. The van der Waals surface area contributed by atoms with Crippen LogP contribution < -0.4 is 0 Å². The summed E-state index contributed by atoms with van der Waals surface area (Å²) >= 11 is 12.1. The monoisotopic (exact) mass is 510 g/mol. The molecule has 6 nitrogen and oxygen atoms in total. The summed E-state index contributed by atoms with van der Waals surface area (Å²) in [5, 5.41) is 10.5. The number of fused-ring (bicyclic) bond motifs is 1. The van der Waals surface area contributed by atoms with Crippen molar-refractivity contribution in [1.29, 1.82) is 0 Å². The number of piperazine rings is 1. The zero-order chi connectivity index (χ0) is 23.9. The lowest BCUT2D eigenvalue weighted by molar-refractivity contribution is -0.141. The first kappa shape index (κ1) is 24.5. The van der Waals surface area contributed by atoms with Gasteiger partial charge in [0.15, 0.2) is 0 Å². The Kier molecular flexibility index (Phi) is 7.08. The molecule has 1 N–H and O–H groups in total. The van der Waals surface area contributed by atoms with E-state index in [0.29, 0.717) is 35.1 Å². The standard InChI is InChI=1S/C24H28Cl2N2O4S/c1-15-13-27(9-8-17-6-7-21(25)22(26)10-17)14-16(2)28(15)33(31,32)23-5-3-4-18-11-19(24(29)30)12-20(18)23/h3-7,10,15-16,19H,8-9,11-14H2,1-2H3,(H,29,30)/t15-,16+,19?. The number of hydrogen-bond acceptors (Lipinski definition) is 4. The molecule has 0 spiro atoms. The second-order valence-corrected chi connectivity index (χ2v) is 11.8. The predicted octanol–water partition coefficient (Wildman–Crippen LogP) is 4.12. The van der Waals surface area contributed by atoms with Crippen LogP contribution in [0, 0.1) is 5.92 Å². The molecule has 3 atom stereocenters. The van der Waals surface area contributed by atoms with Crippen molar-refractivity contribution in [2.24, 2.45) is 5.92 Å². The summed E-state index contributed by atoms with van der Waals surface area (Å²) in [6.45, 7) is 5.90. The van der Waals surface area contributed by atoms with Crippen molar-refractivity contribution in [3.63, 3.8) is 0 Å². The van der Waals surface area contributed by atoms with Crippen molar-refractivity contribution < 1.29 is 18.3 Å². The van der Waals surface area contributed by atoms with Crippen LogP contribution in [0.2, 0.25) is 10.0 Å². The van der Waals surface area contributed by atoms with E-state index in [9.17, 15) is 18.3 Å². The van der Waals surface area contributed by atoms with Crippen LogP contribution in [0.25, 0.3) is 0 Å². The topological polar surface area (TPSA) is 77.9 Å². The quantitative estimate of drug-likeness (QED) is 0.632. The third kappa shape index (κ3) is 4.93. The summed E-state index contributed by atoms with van der Waals surface area (Å²) in [5.74, 6) is -1.45. The Labute approximate surface area is 205 Å². The maximum atomic E-state index is 13.7. The molecule has 2 aromatic rings. The van der Waals surface area contributed by atoms with Crippen molar-refractivity contribution >= 4 is 39.2 Å². The smallest absolute Gasteiger partial charge is 0.307 e. The number of hydrogen-bond donors (Lipinski definition) is 1. The van der Waals surface area contributed by atoms with Crippen LogP contribution in [-0.4, -0.2) is 60.4 Å². The van der Waals surface area contributed by atoms with Crippen LogP contribution in [0.4, 0.5) is 0 Å². The van der Waals surface area contributed by atoms with Gasteiger partial charge in [-0.3, -0.25) is 9.69 Å². The lowest BCUT2D eigenvalue weighted by Gasteiger charge is -2.43. The molecule has 1 saturated heterocycles. The van der Waals surface area contributed by atoms with Gasteiger partial charge in [0.05, 0.1) is 20.9 Å². The van der Waals surface area contributed by atoms with Gasteiger partial charge in [-0.1, -0.05) is 41.4 Å². The van der Waals surface area contributed by atoms with Gasteiger partial charge in [0.25, 0.3) is 0 Å². The van der Waals surface area contributed by atoms with Crippen LogP contribution in [-0.2, 0) is 34.1 Å². The molecule has 4 rings (SSSR count). The third-order valence-electron chi connectivity index (χ3n) is 6.67. The van der Waals surface area contributed by atoms with E-state index in [4.69, 9.17) is 23.2 Å². The van der Waals surface area contributed by atoms with Crippen molar-refractivity contribution in [2.45, 2.75) is 50.1 Å². The molecule has 1 unspecified atom stereocenters. The first-order valence-corrected chi connectivity index (χ1v) is 13.3. The molecule has 0 bridgehead atoms. The van der Waals surface area contributed by atoms with Crippen LogP contribution >= 0.6 is 23.2 Å². The number of sulfonamides is 1. The van der Waals surface area contributed by atoms with Gasteiger partial charge in [-0.2, -0.15) is 4.31 Å². The average molecular weight is 511 g/mol. The fourth-order valence-corrected chi connectivity index (χ4v) is 7.61. The lowest BCUT2D eigenvalue weighted by atomic mass is 10.1. The molecule has 9 heteroatoms. The normalized spacial score (nSPS) is 24.1. The van der Waals surface area contributed by atoms with E-state index in [0.717, 1.165) is 24.1 Å². The number of carbonyl (C=O) groups is 1. The summed E-state index contributed by atoms with van der Waals surface area (Å²) < 4.78 is 29.1. The first-order valence-electron chi connectivity index (χ1n) is 11.1. The molecule has 2 aliphatic rings. The summed E-state index contributed by atoms with van der Waals surface area (Å²) in [5.41, 5.74) is 2.57. The van der Waals surface area contributed by atoms with E-state index >= 15 is 0 Å². The number of rotatable bonds is 6. The number of carboxylic acids is 1.